The van der Waals surface area contributed by atoms with Crippen LogP contribution in [0.2, 0.25) is 0 Å². The molecule has 0 bridgehead atoms. The number of halogens is 3. The molecule has 1 aromatic rings. The first kappa shape index (κ1) is 12.6. The molecule has 0 heterocycles. The third kappa shape index (κ3) is 3.87. The van der Waals surface area contributed by atoms with Gasteiger partial charge in [-0.15, -0.1) is 0 Å². The molecule has 0 saturated carbocycles. The van der Waals surface area contributed by atoms with Crippen LogP contribution in [0, 0.1) is 11.6 Å². The zero-order chi connectivity index (χ0) is 11.6. The van der Waals surface area contributed by atoms with E-state index in [9.17, 15) is 8.78 Å². The summed E-state index contributed by atoms with van der Waals surface area (Å²) in [6, 6.07) is 2.53. The first-order valence-electron chi connectivity index (χ1n) is 4.68. The first-order chi connectivity index (χ1) is 6.79. The Morgan fingerprint density at radius 2 is 1.67 bits per heavy atom. The quantitative estimate of drug-likeness (QED) is 0.871. The van der Waals surface area contributed by atoms with Gasteiger partial charge in [0.05, 0.1) is 0 Å². The van der Waals surface area contributed by atoms with Crippen LogP contribution in [0.4, 0.5) is 8.78 Å². The van der Waals surface area contributed by atoms with E-state index >= 15 is 0 Å². The second-order valence-corrected chi connectivity index (χ2v) is 5.37. The monoisotopic (exact) mass is 277 g/mol. The van der Waals surface area contributed by atoms with Gasteiger partial charge in [0.2, 0.25) is 0 Å². The summed E-state index contributed by atoms with van der Waals surface area (Å²) in [5.41, 5.74) is -0.0838. The van der Waals surface area contributed by atoms with Gasteiger partial charge in [0.25, 0.3) is 0 Å². The van der Waals surface area contributed by atoms with Gasteiger partial charge in [0.1, 0.15) is 11.6 Å². The fraction of sp³-hybridized carbons (Fsp3) is 0.455. The maximum atomic E-state index is 13.4. The summed E-state index contributed by atoms with van der Waals surface area (Å²) in [7, 11) is 0. The van der Waals surface area contributed by atoms with Crippen molar-refractivity contribution in [2.75, 3.05) is 0 Å². The lowest BCUT2D eigenvalue weighted by molar-refractivity contribution is 0.410. The average Bonchev–Trinajstić information content (AvgIpc) is 1.99. The van der Waals surface area contributed by atoms with Crippen molar-refractivity contribution in [2.45, 2.75) is 32.9 Å². The molecule has 0 fully saturated rings. The van der Waals surface area contributed by atoms with Gasteiger partial charge in [0, 0.05) is 22.1 Å². The SMILES string of the molecule is CC(C)(C)NCc1c(F)cc(Br)cc1F. The van der Waals surface area contributed by atoms with Gasteiger partial charge in [-0.2, -0.15) is 0 Å². The van der Waals surface area contributed by atoms with E-state index < -0.39 is 11.6 Å². The predicted molar refractivity (Wildman–Crippen MR) is 60.7 cm³/mol. The maximum absolute atomic E-state index is 13.4. The van der Waals surface area contributed by atoms with Gasteiger partial charge in [-0.05, 0) is 32.9 Å². The van der Waals surface area contributed by atoms with Crippen molar-refractivity contribution in [1.82, 2.24) is 5.32 Å². The van der Waals surface area contributed by atoms with E-state index in [1.807, 2.05) is 20.8 Å². The van der Waals surface area contributed by atoms with Crippen molar-refractivity contribution in [3.63, 3.8) is 0 Å². The molecular formula is C11H14BrF2N. The zero-order valence-corrected chi connectivity index (χ0v) is 10.6. The van der Waals surface area contributed by atoms with Crippen molar-refractivity contribution in [1.29, 1.82) is 0 Å². The van der Waals surface area contributed by atoms with Crippen LogP contribution in [0.1, 0.15) is 26.3 Å². The minimum absolute atomic E-state index is 0.0770. The molecule has 0 aliphatic carbocycles. The molecule has 0 spiro atoms. The van der Waals surface area contributed by atoms with E-state index in [0.717, 1.165) is 0 Å². The predicted octanol–water partition coefficient (Wildman–Crippen LogP) is 3.62. The van der Waals surface area contributed by atoms with E-state index in [1.165, 1.54) is 12.1 Å². The molecule has 0 atom stereocenters. The van der Waals surface area contributed by atoms with Crippen LogP contribution in [-0.4, -0.2) is 5.54 Å². The fourth-order valence-corrected chi connectivity index (χ4v) is 1.50. The minimum Gasteiger partial charge on any atom is -0.308 e. The molecule has 0 aromatic heterocycles. The van der Waals surface area contributed by atoms with Gasteiger partial charge in [-0.3, -0.25) is 0 Å². The second kappa shape index (κ2) is 4.58. The van der Waals surface area contributed by atoms with Crippen molar-refractivity contribution < 1.29 is 8.78 Å². The molecule has 0 saturated heterocycles. The van der Waals surface area contributed by atoms with Crippen LogP contribution in [0.3, 0.4) is 0 Å². The van der Waals surface area contributed by atoms with Crippen LogP contribution in [0.25, 0.3) is 0 Å². The normalized spacial score (nSPS) is 11.9. The molecule has 0 radical (unpaired) electrons. The van der Waals surface area contributed by atoms with Crippen LogP contribution in [0.5, 0.6) is 0 Å². The van der Waals surface area contributed by atoms with Crippen molar-refractivity contribution in [2.24, 2.45) is 0 Å². The van der Waals surface area contributed by atoms with Gasteiger partial charge in [-0.25, -0.2) is 8.78 Å². The van der Waals surface area contributed by atoms with E-state index in [-0.39, 0.29) is 17.6 Å². The molecule has 15 heavy (non-hydrogen) atoms. The van der Waals surface area contributed by atoms with Crippen molar-refractivity contribution in [3.05, 3.63) is 33.8 Å². The summed E-state index contributed by atoms with van der Waals surface area (Å²) in [6.45, 7) is 6.03. The van der Waals surface area contributed by atoms with Crippen LogP contribution in [0.15, 0.2) is 16.6 Å². The Morgan fingerprint density at radius 1 is 1.20 bits per heavy atom. The first-order valence-corrected chi connectivity index (χ1v) is 5.47. The Balaban J connectivity index is 2.86. The van der Waals surface area contributed by atoms with Gasteiger partial charge < -0.3 is 5.32 Å². The fourth-order valence-electron chi connectivity index (χ4n) is 1.09. The average molecular weight is 278 g/mol. The topological polar surface area (TPSA) is 12.0 Å². The molecule has 0 aliphatic heterocycles. The molecule has 0 amide bonds. The second-order valence-electron chi connectivity index (χ2n) is 4.45. The van der Waals surface area contributed by atoms with Crippen molar-refractivity contribution in [3.8, 4) is 0 Å². The van der Waals surface area contributed by atoms with E-state index in [2.05, 4.69) is 21.2 Å². The minimum atomic E-state index is -0.529. The number of hydrogen-bond donors (Lipinski definition) is 1. The molecule has 0 unspecified atom stereocenters. The summed E-state index contributed by atoms with van der Waals surface area (Å²) in [5.74, 6) is -1.06. The molecule has 84 valence electrons. The van der Waals surface area contributed by atoms with Gasteiger partial charge in [-0.1, -0.05) is 15.9 Å². The largest absolute Gasteiger partial charge is 0.308 e. The standard InChI is InChI=1S/C11H14BrF2N/c1-11(2,3)15-6-8-9(13)4-7(12)5-10(8)14/h4-5,15H,6H2,1-3H3. The number of nitrogens with one attached hydrogen (secondary N) is 1. The lowest BCUT2D eigenvalue weighted by atomic mass is 10.1. The summed E-state index contributed by atoms with van der Waals surface area (Å²) >= 11 is 3.04. The van der Waals surface area contributed by atoms with E-state index in [4.69, 9.17) is 0 Å². The highest BCUT2D eigenvalue weighted by molar-refractivity contribution is 9.10. The highest BCUT2D eigenvalue weighted by Gasteiger charge is 2.14. The molecule has 4 heteroatoms. The zero-order valence-electron chi connectivity index (χ0n) is 9.00. The summed E-state index contributed by atoms with van der Waals surface area (Å²) < 4.78 is 27.2. The Morgan fingerprint density at radius 3 is 2.07 bits per heavy atom. The summed E-state index contributed by atoms with van der Waals surface area (Å²) in [4.78, 5) is 0. The van der Waals surface area contributed by atoms with Crippen LogP contribution >= 0.6 is 15.9 Å². The Hall–Kier alpha value is -0.480. The maximum Gasteiger partial charge on any atom is 0.131 e. The van der Waals surface area contributed by atoms with Crippen LogP contribution < -0.4 is 5.32 Å². The van der Waals surface area contributed by atoms with Gasteiger partial charge in [0.15, 0.2) is 0 Å². The Bertz CT molecular complexity index is 335. The Kier molecular flexibility index (Phi) is 3.84. The molecule has 1 N–H and O–H groups in total. The number of hydrogen-bond acceptors (Lipinski definition) is 1. The third-order valence-electron chi connectivity index (χ3n) is 1.90. The highest BCUT2D eigenvalue weighted by Crippen LogP contribution is 2.19. The van der Waals surface area contributed by atoms with Crippen LogP contribution in [-0.2, 0) is 6.54 Å². The third-order valence-corrected chi connectivity index (χ3v) is 2.36. The van der Waals surface area contributed by atoms with E-state index in [0.29, 0.717) is 4.47 Å². The molecule has 1 nitrogen and oxygen atoms in total. The van der Waals surface area contributed by atoms with Gasteiger partial charge >= 0.3 is 0 Å². The summed E-state index contributed by atoms with van der Waals surface area (Å²) in [6.07, 6.45) is 0. The number of benzene rings is 1. The highest BCUT2D eigenvalue weighted by atomic mass is 79.9. The lowest BCUT2D eigenvalue weighted by Gasteiger charge is -2.21. The molecule has 0 aliphatic rings. The summed E-state index contributed by atoms with van der Waals surface area (Å²) in [5, 5.41) is 3.04. The van der Waals surface area contributed by atoms with Crippen molar-refractivity contribution >= 4 is 15.9 Å². The Labute approximate surface area is 97.0 Å². The smallest absolute Gasteiger partial charge is 0.131 e. The number of rotatable bonds is 2. The molecular weight excluding hydrogens is 264 g/mol. The molecule has 1 rings (SSSR count). The lowest BCUT2D eigenvalue weighted by Crippen LogP contribution is -2.35. The molecule has 1 aromatic carbocycles. The van der Waals surface area contributed by atoms with E-state index in [1.54, 1.807) is 0 Å².